The van der Waals surface area contributed by atoms with Crippen molar-refractivity contribution < 1.29 is 4.74 Å². The lowest BCUT2D eigenvalue weighted by atomic mass is 10.4. The van der Waals surface area contributed by atoms with Crippen molar-refractivity contribution in [3.63, 3.8) is 0 Å². The van der Waals surface area contributed by atoms with Crippen LogP contribution in [0.3, 0.4) is 0 Å². The van der Waals surface area contributed by atoms with Crippen LogP contribution in [0.5, 0.6) is 0 Å². The van der Waals surface area contributed by atoms with E-state index in [9.17, 15) is 0 Å². The normalized spacial score (nSPS) is 13.2. The van der Waals surface area contributed by atoms with Gasteiger partial charge in [-0.25, -0.2) is 4.68 Å². The monoisotopic (exact) mass is 190 g/mol. The number of halogens is 1. The van der Waals surface area contributed by atoms with Crippen molar-refractivity contribution in [1.82, 2.24) is 20.2 Å². The number of hydrogen-bond acceptors (Lipinski definition) is 4. The first-order valence-electron chi connectivity index (χ1n) is 3.64. The maximum atomic E-state index is 5.82. The second-order valence-electron chi connectivity index (χ2n) is 2.37. The van der Waals surface area contributed by atoms with Crippen LogP contribution in [0.4, 0.5) is 0 Å². The summed E-state index contributed by atoms with van der Waals surface area (Å²) < 4.78 is 6.53. The number of methoxy groups -OCH3 is 1. The van der Waals surface area contributed by atoms with Gasteiger partial charge in [-0.05, 0) is 17.4 Å². The number of alkyl halides is 1. The zero-order valence-corrected chi connectivity index (χ0v) is 7.82. The van der Waals surface area contributed by atoms with E-state index in [0.717, 1.165) is 0 Å². The lowest BCUT2D eigenvalue weighted by Gasteiger charge is -2.03. The number of rotatable bonds is 4. The van der Waals surface area contributed by atoms with Gasteiger partial charge >= 0.3 is 0 Å². The van der Waals surface area contributed by atoms with Crippen molar-refractivity contribution in [2.75, 3.05) is 13.7 Å². The lowest BCUT2D eigenvalue weighted by Crippen LogP contribution is -2.10. The van der Waals surface area contributed by atoms with Crippen LogP contribution in [0.1, 0.15) is 18.1 Å². The van der Waals surface area contributed by atoms with Gasteiger partial charge in [0.15, 0.2) is 5.82 Å². The lowest BCUT2D eigenvalue weighted by molar-refractivity contribution is 0.181. The second-order valence-corrected chi connectivity index (χ2v) is 3.02. The minimum Gasteiger partial charge on any atom is -0.383 e. The maximum absolute atomic E-state index is 5.82. The number of tetrazole rings is 1. The zero-order valence-electron chi connectivity index (χ0n) is 7.07. The van der Waals surface area contributed by atoms with Crippen LogP contribution in [0.15, 0.2) is 0 Å². The molecule has 0 aliphatic heterocycles. The molecule has 1 atom stereocenters. The molecule has 5 nitrogen and oxygen atoms in total. The molecule has 1 rings (SSSR count). The van der Waals surface area contributed by atoms with Gasteiger partial charge < -0.3 is 4.74 Å². The minimum atomic E-state index is -0.170. The standard InChI is InChI=1S/C6H11ClN4O/c1-5(7)6-8-9-10-11(6)3-4-12-2/h5H,3-4H2,1-2H3. The van der Waals surface area contributed by atoms with Gasteiger partial charge in [0.2, 0.25) is 0 Å². The molecule has 0 bridgehead atoms. The molecule has 1 aromatic rings. The summed E-state index contributed by atoms with van der Waals surface area (Å²) in [6.45, 7) is 3.05. The fourth-order valence-electron chi connectivity index (χ4n) is 0.833. The summed E-state index contributed by atoms with van der Waals surface area (Å²) in [7, 11) is 1.63. The Morgan fingerprint density at radius 2 is 2.42 bits per heavy atom. The molecule has 0 aliphatic carbocycles. The highest BCUT2D eigenvalue weighted by atomic mass is 35.5. The molecule has 1 heterocycles. The summed E-state index contributed by atoms with van der Waals surface area (Å²) in [5.41, 5.74) is 0. The molecule has 0 saturated heterocycles. The van der Waals surface area contributed by atoms with Crippen molar-refractivity contribution >= 4 is 11.6 Å². The van der Waals surface area contributed by atoms with Crippen molar-refractivity contribution in [2.45, 2.75) is 18.8 Å². The van der Waals surface area contributed by atoms with Gasteiger partial charge in [-0.1, -0.05) is 0 Å². The average Bonchev–Trinajstić information content (AvgIpc) is 2.48. The molecule has 12 heavy (non-hydrogen) atoms. The van der Waals surface area contributed by atoms with Crippen molar-refractivity contribution in [2.24, 2.45) is 0 Å². The Balaban J connectivity index is 2.64. The van der Waals surface area contributed by atoms with E-state index in [1.165, 1.54) is 0 Å². The van der Waals surface area contributed by atoms with Crippen LogP contribution < -0.4 is 0 Å². The highest BCUT2D eigenvalue weighted by Crippen LogP contribution is 2.14. The summed E-state index contributed by atoms with van der Waals surface area (Å²) in [5, 5.41) is 10.9. The summed E-state index contributed by atoms with van der Waals surface area (Å²) in [4.78, 5) is 0. The number of nitrogens with zero attached hydrogens (tertiary/aromatic N) is 4. The van der Waals surface area contributed by atoms with E-state index >= 15 is 0 Å². The Morgan fingerprint density at radius 3 is 3.00 bits per heavy atom. The molecule has 0 fully saturated rings. The minimum absolute atomic E-state index is 0.170. The predicted octanol–water partition coefficient (Wildman–Crippen LogP) is 0.619. The van der Waals surface area contributed by atoms with Gasteiger partial charge in [-0.15, -0.1) is 16.7 Å². The number of aromatic nitrogens is 4. The fraction of sp³-hybridized carbons (Fsp3) is 0.833. The Hall–Kier alpha value is -0.680. The molecular formula is C6H11ClN4O. The molecular weight excluding hydrogens is 180 g/mol. The molecule has 0 aromatic carbocycles. The SMILES string of the molecule is COCCn1nnnc1C(C)Cl. The first-order valence-corrected chi connectivity index (χ1v) is 4.08. The van der Waals surface area contributed by atoms with E-state index in [2.05, 4.69) is 15.5 Å². The predicted molar refractivity (Wildman–Crippen MR) is 44.0 cm³/mol. The second kappa shape index (κ2) is 4.37. The Morgan fingerprint density at radius 1 is 1.67 bits per heavy atom. The first-order chi connectivity index (χ1) is 5.75. The Kier molecular flexibility index (Phi) is 3.43. The quantitative estimate of drug-likeness (QED) is 0.654. The number of ether oxygens (including phenoxy) is 1. The molecule has 0 amide bonds. The highest BCUT2D eigenvalue weighted by Gasteiger charge is 2.10. The third kappa shape index (κ3) is 2.15. The van der Waals surface area contributed by atoms with E-state index in [-0.39, 0.29) is 5.38 Å². The smallest absolute Gasteiger partial charge is 0.168 e. The maximum Gasteiger partial charge on any atom is 0.168 e. The summed E-state index contributed by atoms with van der Waals surface area (Å²) in [6.07, 6.45) is 0. The van der Waals surface area contributed by atoms with Gasteiger partial charge in [-0.3, -0.25) is 0 Å². The third-order valence-electron chi connectivity index (χ3n) is 1.42. The van der Waals surface area contributed by atoms with Crippen LogP contribution in [-0.2, 0) is 11.3 Å². The zero-order chi connectivity index (χ0) is 8.97. The summed E-state index contributed by atoms with van der Waals surface area (Å²) in [6, 6.07) is 0. The average molecular weight is 191 g/mol. The van der Waals surface area contributed by atoms with E-state index in [1.807, 2.05) is 6.92 Å². The molecule has 0 aliphatic rings. The third-order valence-corrected chi connectivity index (χ3v) is 1.62. The molecule has 1 unspecified atom stereocenters. The van der Waals surface area contributed by atoms with E-state index in [4.69, 9.17) is 16.3 Å². The van der Waals surface area contributed by atoms with Gasteiger partial charge in [0, 0.05) is 7.11 Å². The van der Waals surface area contributed by atoms with Crippen molar-refractivity contribution in [3.8, 4) is 0 Å². The largest absolute Gasteiger partial charge is 0.383 e. The van der Waals surface area contributed by atoms with E-state index in [1.54, 1.807) is 11.8 Å². The van der Waals surface area contributed by atoms with E-state index in [0.29, 0.717) is 19.0 Å². The molecule has 1 aromatic heterocycles. The first kappa shape index (κ1) is 9.41. The molecule has 68 valence electrons. The van der Waals surface area contributed by atoms with Gasteiger partial charge in [0.1, 0.15) is 0 Å². The Labute approximate surface area is 75.7 Å². The molecule has 0 N–H and O–H groups in total. The Bertz CT molecular complexity index is 237. The van der Waals surface area contributed by atoms with Crippen LogP contribution in [0.25, 0.3) is 0 Å². The van der Waals surface area contributed by atoms with Crippen LogP contribution in [-0.4, -0.2) is 33.9 Å². The van der Waals surface area contributed by atoms with Crippen LogP contribution in [0, 0.1) is 0 Å². The molecule has 0 radical (unpaired) electrons. The molecule has 6 heteroatoms. The number of hydrogen-bond donors (Lipinski definition) is 0. The fourth-order valence-corrected chi connectivity index (χ4v) is 0.990. The molecule has 0 spiro atoms. The van der Waals surface area contributed by atoms with Crippen molar-refractivity contribution in [1.29, 1.82) is 0 Å². The summed E-state index contributed by atoms with van der Waals surface area (Å²) in [5.74, 6) is 0.675. The topological polar surface area (TPSA) is 52.8 Å². The van der Waals surface area contributed by atoms with Crippen molar-refractivity contribution in [3.05, 3.63) is 5.82 Å². The highest BCUT2D eigenvalue weighted by molar-refractivity contribution is 6.20. The van der Waals surface area contributed by atoms with Crippen LogP contribution in [0.2, 0.25) is 0 Å². The summed E-state index contributed by atoms with van der Waals surface area (Å²) >= 11 is 5.82. The van der Waals surface area contributed by atoms with Gasteiger partial charge in [-0.2, -0.15) is 0 Å². The van der Waals surface area contributed by atoms with Crippen LogP contribution >= 0.6 is 11.6 Å². The molecule has 0 saturated carbocycles. The van der Waals surface area contributed by atoms with Gasteiger partial charge in [0.05, 0.1) is 18.5 Å². The van der Waals surface area contributed by atoms with E-state index < -0.39 is 0 Å². The van der Waals surface area contributed by atoms with Gasteiger partial charge in [0.25, 0.3) is 0 Å².